The molecule has 0 aliphatic rings. The fourth-order valence-electron chi connectivity index (χ4n) is 1.12. The lowest BCUT2D eigenvalue weighted by atomic mass is 10.0. The second kappa shape index (κ2) is 5.13. The second-order valence-electron chi connectivity index (χ2n) is 3.64. The van der Waals surface area contributed by atoms with E-state index in [4.69, 9.17) is 0 Å². The average Bonchev–Trinajstić information content (AvgIpc) is 2.28. The fourth-order valence-corrected chi connectivity index (χ4v) is 1.12. The van der Waals surface area contributed by atoms with Crippen molar-refractivity contribution in [3.8, 4) is 5.75 Å². The van der Waals surface area contributed by atoms with E-state index in [1.807, 2.05) is 0 Å². The van der Waals surface area contributed by atoms with Crippen LogP contribution in [0.5, 0.6) is 5.75 Å². The van der Waals surface area contributed by atoms with Gasteiger partial charge in [0.2, 0.25) is 0 Å². The van der Waals surface area contributed by atoms with E-state index in [1.54, 1.807) is 0 Å². The van der Waals surface area contributed by atoms with Crippen LogP contribution in [-0.4, -0.2) is 23.9 Å². The highest BCUT2D eigenvalue weighted by Gasteiger charge is 2.68. The Morgan fingerprint density at radius 2 is 1.48 bits per heavy atom. The van der Waals surface area contributed by atoms with E-state index in [2.05, 4.69) is 4.74 Å². The van der Waals surface area contributed by atoms with Crippen molar-refractivity contribution in [3.05, 3.63) is 29.8 Å². The summed E-state index contributed by atoms with van der Waals surface area (Å²) in [4.78, 5) is 10.9. The molecule has 0 saturated carbocycles. The van der Waals surface area contributed by atoms with E-state index in [-0.39, 0.29) is 12.1 Å². The zero-order valence-electron chi connectivity index (χ0n) is 9.48. The highest BCUT2D eigenvalue weighted by Crippen LogP contribution is 2.41. The van der Waals surface area contributed by atoms with Crippen molar-refractivity contribution < 1.29 is 49.8 Å². The summed E-state index contributed by atoms with van der Waals surface area (Å²) in [5.74, 6) is -7.76. The topological polar surface area (TPSA) is 49.4 Å². The first-order valence-electron chi connectivity index (χ1n) is 4.82. The molecule has 0 radical (unpaired) electrons. The molecular formula is C10H3F8O3-. The predicted octanol–water partition coefficient (Wildman–Crippen LogP) is 2.09. The minimum absolute atomic E-state index is 0.0380. The minimum atomic E-state index is -6.57. The van der Waals surface area contributed by atoms with Gasteiger partial charge in [-0.15, -0.1) is 0 Å². The maximum Gasteiger partial charge on any atom is 0.399 e. The van der Waals surface area contributed by atoms with Gasteiger partial charge in [0.05, 0.1) is 0 Å². The number of carbonyl (C=O) groups is 1. The highest BCUT2D eigenvalue weighted by molar-refractivity contribution is 5.83. The Kier molecular flexibility index (Phi) is 4.19. The standard InChI is InChI=1S/C10H3F8O3/c11-4-1-2-6(5(12)3-4)21-7(19)8(20,9(13,14)15)10(16,17)18/h1-3H/q-1. The molecule has 21 heavy (non-hydrogen) atoms. The van der Waals surface area contributed by atoms with Crippen molar-refractivity contribution in [1.82, 2.24) is 0 Å². The smallest absolute Gasteiger partial charge is 0.399 e. The molecular weight excluding hydrogens is 320 g/mol. The molecule has 0 heterocycles. The summed E-state index contributed by atoms with van der Waals surface area (Å²) in [5.41, 5.74) is -6.10. The Morgan fingerprint density at radius 3 is 1.86 bits per heavy atom. The van der Waals surface area contributed by atoms with Crippen molar-refractivity contribution in [2.75, 3.05) is 0 Å². The van der Waals surface area contributed by atoms with Crippen LogP contribution < -0.4 is 9.84 Å². The Labute approximate surface area is 110 Å². The molecule has 3 nitrogen and oxygen atoms in total. The van der Waals surface area contributed by atoms with E-state index < -0.39 is 41.3 Å². The van der Waals surface area contributed by atoms with Crippen LogP contribution in [0.25, 0.3) is 0 Å². The highest BCUT2D eigenvalue weighted by atomic mass is 19.4. The van der Waals surface area contributed by atoms with Gasteiger partial charge >= 0.3 is 18.3 Å². The van der Waals surface area contributed by atoms with Crippen LogP contribution in [-0.2, 0) is 4.79 Å². The largest absolute Gasteiger partial charge is 0.828 e. The number of rotatable bonds is 2. The molecule has 11 heteroatoms. The number of benzene rings is 1. The lowest BCUT2D eigenvalue weighted by Crippen LogP contribution is -2.72. The summed E-state index contributed by atoms with van der Waals surface area (Å²) in [6.07, 6.45) is -13.1. The molecule has 1 aromatic rings. The summed E-state index contributed by atoms with van der Waals surface area (Å²) in [6.45, 7) is 0. The molecule has 0 N–H and O–H groups in total. The van der Waals surface area contributed by atoms with Gasteiger partial charge in [-0.2, -0.15) is 26.3 Å². The molecule has 0 amide bonds. The lowest BCUT2D eigenvalue weighted by molar-refractivity contribution is -0.573. The normalized spacial score (nSPS) is 13.2. The van der Waals surface area contributed by atoms with E-state index in [1.165, 1.54) is 0 Å². The number of hydrogen-bond donors (Lipinski definition) is 0. The zero-order chi connectivity index (χ0) is 16.6. The molecule has 0 unspecified atom stereocenters. The Morgan fingerprint density at radius 1 is 1.00 bits per heavy atom. The van der Waals surface area contributed by atoms with Gasteiger partial charge in [-0.3, -0.25) is 4.79 Å². The van der Waals surface area contributed by atoms with Crippen LogP contribution in [0.2, 0.25) is 0 Å². The van der Waals surface area contributed by atoms with Gasteiger partial charge in [-0.1, -0.05) is 0 Å². The van der Waals surface area contributed by atoms with Gasteiger partial charge in [0.1, 0.15) is 5.82 Å². The van der Waals surface area contributed by atoms with Crippen LogP contribution in [0.1, 0.15) is 0 Å². The lowest BCUT2D eigenvalue weighted by Gasteiger charge is -2.39. The Balaban J connectivity index is 3.20. The van der Waals surface area contributed by atoms with Gasteiger partial charge in [-0.05, 0) is 12.1 Å². The summed E-state index contributed by atoms with van der Waals surface area (Å²) >= 11 is 0. The molecule has 1 aromatic carbocycles. The molecule has 118 valence electrons. The first-order valence-corrected chi connectivity index (χ1v) is 4.82. The molecule has 0 aliphatic carbocycles. The van der Waals surface area contributed by atoms with Gasteiger partial charge in [0, 0.05) is 6.07 Å². The van der Waals surface area contributed by atoms with Crippen molar-refractivity contribution >= 4 is 5.97 Å². The monoisotopic (exact) mass is 323 g/mol. The summed E-state index contributed by atoms with van der Waals surface area (Å²) < 4.78 is 102. The molecule has 0 bridgehead atoms. The predicted molar refractivity (Wildman–Crippen MR) is 46.8 cm³/mol. The third-order valence-electron chi connectivity index (χ3n) is 2.18. The van der Waals surface area contributed by atoms with E-state index in [9.17, 15) is 45.0 Å². The van der Waals surface area contributed by atoms with E-state index >= 15 is 0 Å². The Bertz CT molecular complexity index is 534. The molecule has 0 aromatic heterocycles. The maximum absolute atomic E-state index is 13.0. The van der Waals surface area contributed by atoms with Crippen LogP contribution in [0.3, 0.4) is 0 Å². The van der Waals surface area contributed by atoms with Gasteiger partial charge in [-0.25, -0.2) is 8.78 Å². The van der Waals surface area contributed by atoms with Crippen molar-refractivity contribution in [3.63, 3.8) is 0 Å². The summed E-state index contributed by atoms with van der Waals surface area (Å²) in [7, 11) is 0. The number of ether oxygens (including phenoxy) is 1. The van der Waals surface area contributed by atoms with Crippen LogP contribution >= 0.6 is 0 Å². The number of esters is 1. The first-order chi connectivity index (χ1) is 9.30. The molecule has 0 fully saturated rings. The molecule has 0 aliphatic heterocycles. The maximum atomic E-state index is 13.0. The third-order valence-corrected chi connectivity index (χ3v) is 2.18. The van der Waals surface area contributed by atoms with E-state index in [0.717, 1.165) is 0 Å². The second-order valence-corrected chi connectivity index (χ2v) is 3.64. The molecule has 1 rings (SSSR count). The number of alkyl halides is 6. The summed E-state index contributed by atoms with van der Waals surface area (Å²) in [5, 5.41) is 10.9. The van der Waals surface area contributed by atoms with E-state index in [0.29, 0.717) is 6.07 Å². The van der Waals surface area contributed by atoms with Crippen LogP contribution in [0, 0.1) is 11.6 Å². The van der Waals surface area contributed by atoms with Gasteiger partial charge in [0.25, 0.3) is 0 Å². The van der Waals surface area contributed by atoms with Crippen molar-refractivity contribution in [2.45, 2.75) is 18.0 Å². The first kappa shape index (κ1) is 17.1. The number of carbonyl (C=O) groups excluding carboxylic acids is 1. The molecule has 0 atom stereocenters. The number of halogens is 8. The molecule has 0 spiro atoms. The fraction of sp³-hybridized carbons (Fsp3) is 0.300. The SMILES string of the molecule is O=C(Oc1ccc(F)cc1F)C([O-])(C(F)(F)F)C(F)(F)F. The quantitative estimate of drug-likeness (QED) is 0.476. The van der Waals surface area contributed by atoms with Crippen LogP contribution in [0.4, 0.5) is 35.1 Å². The zero-order valence-corrected chi connectivity index (χ0v) is 9.48. The third kappa shape index (κ3) is 3.06. The van der Waals surface area contributed by atoms with Crippen LogP contribution in [0.15, 0.2) is 18.2 Å². The average molecular weight is 323 g/mol. The van der Waals surface area contributed by atoms with Crippen molar-refractivity contribution in [2.24, 2.45) is 0 Å². The minimum Gasteiger partial charge on any atom is -0.828 e. The van der Waals surface area contributed by atoms with Crippen molar-refractivity contribution in [1.29, 1.82) is 0 Å². The number of hydrogen-bond acceptors (Lipinski definition) is 3. The molecule has 0 saturated heterocycles. The Hall–Kier alpha value is -1.91. The summed E-state index contributed by atoms with van der Waals surface area (Å²) in [6, 6.07) is 0.700. The van der Waals surface area contributed by atoms with Gasteiger partial charge in [0.15, 0.2) is 17.2 Å². The van der Waals surface area contributed by atoms with Gasteiger partial charge < -0.3 is 9.84 Å².